The van der Waals surface area contributed by atoms with E-state index in [0.29, 0.717) is 12.2 Å². The topological polar surface area (TPSA) is 107 Å². The van der Waals surface area contributed by atoms with Crippen molar-refractivity contribution in [3.63, 3.8) is 0 Å². The number of hydrogen-bond acceptors (Lipinski definition) is 6. The molecule has 146 valence electrons. The Labute approximate surface area is 148 Å². The maximum absolute atomic E-state index is 12.1. The van der Waals surface area contributed by atoms with Gasteiger partial charge in [0.25, 0.3) is 0 Å². The molecule has 0 spiro atoms. The number of aliphatic hydroxyl groups excluding tert-OH is 1. The van der Waals surface area contributed by atoms with Gasteiger partial charge >= 0.3 is 12.4 Å². The lowest BCUT2D eigenvalue weighted by atomic mass is 10.1. The van der Waals surface area contributed by atoms with E-state index in [1.165, 1.54) is 12.1 Å². The highest BCUT2D eigenvalue weighted by Gasteiger charge is 2.31. The average molecular weight is 377 g/mol. The van der Waals surface area contributed by atoms with Gasteiger partial charge in [0.2, 0.25) is 0 Å². The highest BCUT2D eigenvalue weighted by molar-refractivity contribution is 5.89. The number of aliphatic hydroxyl groups is 1. The second-order valence-corrected chi connectivity index (χ2v) is 5.80. The summed E-state index contributed by atoms with van der Waals surface area (Å²) in [5.41, 5.74) is 0.316. The number of anilines is 1. The summed E-state index contributed by atoms with van der Waals surface area (Å²) >= 11 is 0. The van der Waals surface area contributed by atoms with Gasteiger partial charge in [0.05, 0.1) is 12.8 Å². The lowest BCUT2D eigenvalue weighted by molar-refractivity contribution is -0.274. The van der Waals surface area contributed by atoms with Crippen LogP contribution in [0.1, 0.15) is 13.3 Å². The van der Waals surface area contributed by atoms with Crippen molar-refractivity contribution in [2.24, 2.45) is 0 Å². The summed E-state index contributed by atoms with van der Waals surface area (Å²) in [4.78, 5) is 12.0. The number of nitrogens with one attached hydrogen (secondary N) is 5. The Morgan fingerprint density at radius 3 is 2.62 bits per heavy atom. The van der Waals surface area contributed by atoms with Crippen LogP contribution in [0, 0.1) is 0 Å². The van der Waals surface area contributed by atoms with Gasteiger partial charge in [-0.15, -0.1) is 13.2 Å². The van der Waals surface area contributed by atoms with Crippen LogP contribution >= 0.6 is 0 Å². The first-order valence-corrected chi connectivity index (χ1v) is 8.05. The fourth-order valence-electron chi connectivity index (χ4n) is 2.53. The second-order valence-electron chi connectivity index (χ2n) is 5.80. The summed E-state index contributed by atoms with van der Waals surface area (Å²) in [7, 11) is 0. The van der Waals surface area contributed by atoms with E-state index < -0.39 is 18.7 Å². The Balaban J connectivity index is 1.83. The Hall–Kier alpha value is -2.08. The van der Waals surface area contributed by atoms with Crippen molar-refractivity contribution >= 4 is 11.7 Å². The number of amides is 2. The Bertz CT molecular complexity index is 585. The van der Waals surface area contributed by atoms with Gasteiger partial charge in [0.1, 0.15) is 12.0 Å². The van der Waals surface area contributed by atoms with Crippen molar-refractivity contribution in [1.29, 1.82) is 0 Å². The summed E-state index contributed by atoms with van der Waals surface area (Å²) in [6.45, 7) is 2.39. The van der Waals surface area contributed by atoms with Crippen molar-refractivity contribution < 1.29 is 27.8 Å². The van der Waals surface area contributed by atoms with Crippen LogP contribution in [0.15, 0.2) is 24.3 Å². The highest BCUT2D eigenvalue weighted by atomic mass is 19.4. The zero-order valence-electron chi connectivity index (χ0n) is 14.1. The quantitative estimate of drug-likeness (QED) is 0.439. The number of urea groups is 1. The van der Waals surface area contributed by atoms with E-state index in [2.05, 4.69) is 31.3 Å². The number of ether oxygens (including phenoxy) is 1. The van der Waals surface area contributed by atoms with E-state index in [0.717, 1.165) is 18.6 Å². The van der Waals surface area contributed by atoms with Crippen LogP contribution < -0.4 is 31.3 Å². The van der Waals surface area contributed by atoms with Crippen molar-refractivity contribution in [1.82, 2.24) is 21.3 Å². The van der Waals surface area contributed by atoms with E-state index in [-0.39, 0.29) is 24.6 Å². The van der Waals surface area contributed by atoms with Gasteiger partial charge in [-0.05, 0) is 37.6 Å². The third-order valence-corrected chi connectivity index (χ3v) is 3.53. The number of benzene rings is 1. The van der Waals surface area contributed by atoms with Gasteiger partial charge < -0.3 is 20.5 Å². The molecular formula is C15H22F3N5O3. The minimum absolute atomic E-state index is 0.00657. The monoisotopic (exact) mass is 377 g/mol. The van der Waals surface area contributed by atoms with Crippen LogP contribution in [0.5, 0.6) is 5.75 Å². The molecule has 3 atom stereocenters. The van der Waals surface area contributed by atoms with E-state index in [9.17, 15) is 18.0 Å². The number of carbonyl (C=O) groups excluding carboxylic acids is 1. The molecule has 6 N–H and O–H groups in total. The molecule has 3 unspecified atom stereocenters. The fraction of sp³-hybridized carbons (Fsp3) is 0.533. The average Bonchev–Trinajstić information content (AvgIpc) is 2.53. The molecule has 8 nitrogen and oxygen atoms in total. The van der Waals surface area contributed by atoms with Gasteiger partial charge in [-0.25, -0.2) is 4.79 Å². The maximum atomic E-state index is 12.1. The normalized spacial score (nSPS) is 23.3. The van der Waals surface area contributed by atoms with Crippen LogP contribution in [0.2, 0.25) is 0 Å². The van der Waals surface area contributed by atoms with E-state index in [4.69, 9.17) is 5.11 Å². The zero-order valence-corrected chi connectivity index (χ0v) is 14.1. The zero-order chi connectivity index (χ0) is 19.2. The van der Waals surface area contributed by atoms with Crippen LogP contribution in [0.25, 0.3) is 0 Å². The van der Waals surface area contributed by atoms with Gasteiger partial charge in [0, 0.05) is 18.3 Å². The van der Waals surface area contributed by atoms with E-state index >= 15 is 0 Å². The van der Waals surface area contributed by atoms with Crippen molar-refractivity contribution in [3.05, 3.63) is 24.3 Å². The molecule has 0 radical (unpaired) electrons. The van der Waals surface area contributed by atoms with Gasteiger partial charge in [0.15, 0.2) is 0 Å². The minimum Gasteiger partial charge on any atom is -0.406 e. The summed E-state index contributed by atoms with van der Waals surface area (Å²) in [5.74, 6) is -0.370. The summed E-state index contributed by atoms with van der Waals surface area (Å²) in [5, 5.41) is 23.4. The molecule has 26 heavy (non-hydrogen) atoms. The molecule has 0 aromatic heterocycles. The number of carbonyl (C=O) groups is 1. The summed E-state index contributed by atoms with van der Waals surface area (Å²) < 4.78 is 40.1. The lowest BCUT2D eigenvalue weighted by Gasteiger charge is -2.36. The van der Waals surface area contributed by atoms with E-state index in [1.54, 1.807) is 0 Å². The van der Waals surface area contributed by atoms with E-state index in [1.807, 2.05) is 6.92 Å². The summed E-state index contributed by atoms with van der Waals surface area (Å²) in [6, 6.07) is 4.41. The van der Waals surface area contributed by atoms with Crippen LogP contribution in [-0.2, 0) is 0 Å². The van der Waals surface area contributed by atoms with Crippen molar-refractivity contribution in [3.8, 4) is 5.75 Å². The number of alkyl halides is 3. The number of halogens is 3. The van der Waals surface area contributed by atoms with Crippen LogP contribution in [0.3, 0.4) is 0 Å². The number of rotatable bonds is 6. The third-order valence-electron chi connectivity index (χ3n) is 3.53. The Morgan fingerprint density at radius 1 is 1.31 bits per heavy atom. The predicted molar refractivity (Wildman–Crippen MR) is 88.3 cm³/mol. The molecule has 0 aliphatic carbocycles. The minimum atomic E-state index is -4.76. The van der Waals surface area contributed by atoms with Gasteiger partial charge in [-0.2, -0.15) is 0 Å². The first-order chi connectivity index (χ1) is 12.2. The Morgan fingerprint density at radius 2 is 2.00 bits per heavy atom. The second kappa shape index (κ2) is 9.03. The third kappa shape index (κ3) is 7.04. The first kappa shape index (κ1) is 20.2. The largest absolute Gasteiger partial charge is 0.573 e. The van der Waals surface area contributed by atoms with Crippen LogP contribution in [-0.4, -0.2) is 49.1 Å². The van der Waals surface area contributed by atoms with Crippen molar-refractivity contribution in [2.75, 3.05) is 18.5 Å². The maximum Gasteiger partial charge on any atom is 0.573 e. The van der Waals surface area contributed by atoms with Gasteiger partial charge in [-0.3, -0.25) is 16.0 Å². The molecule has 1 fully saturated rings. The van der Waals surface area contributed by atoms with Crippen molar-refractivity contribution in [2.45, 2.75) is 38.2 Å². The molecule has 1 saturated heterocycles. The highest BCUT2D eigenvalue weighted by Crippen LogP contribution is 2.23. The molecule has 1 aliphatic heterocycles. The molecule has 1 aliphatic rings. The molecule has 11 heteroatoms. The molecular weight excluding hydrogens is 355 g/mol. The molecule has 0 saturated carbocycles. The standard InChI is InChI=1S/C15H22F3N5O3/c1-9-8-12(19-6-7-24)22-13(20-9)23-14(25)21-10-2-4-11(5-3-10)26-15(16,17)18/h2-5,9,12-13,19-20,22,24H,6-8H2,1H3,(H2,21,23,25). The molecule has 1 aromatic rings. The fourth-order valence-corrected chi connectivity index (χ4v) is 2.53. The molecule has 1 aromatic carbocycles. The number of hydrogen-bond donors (Lipinski definition) is 6. The Kier molecular flexibility index (Phi) is 7.03. The molecule has 1 heterocycles. The summed E-state index contributed by atoms with van der Waals surface area (Å²) in [6.07, 6.45) is -4.59. The van der Waals surface area contributed by atoms with Crippen LogP contribution in [0.4, 0.5) is 23.7 Å². The predicted octanol–water partition coefficient (Wildman–Crippen LogP) is 0.870. The lowest BCUT2D eigenvalue weighted by Crippen LogP contribution is -2.67. The molecule has 2 amide bonds. The molecule has 0 bridgehead atoms. The van der Waals surface area contributed by atoms with Gasteiger partial charge in [-0.1, -0.05) is 0 Å². The SMILES string of the molecule is CC1CC(NCCO)NC(NC(=O)Nc2ccc(OC(F)(F)F)cc2)N1. The smallest absolute Gasteiger partial charge is 0.406 e. The molecule has 2 rings (SSSR count). The first-order valence-electron chi connectivity index (χ1n) is 8.05.